The van der Waals surface area contributed by atoms with E-state index in [-0.39, 0.29) is 17.4 Å². The van der Waals surface area contributed by atoms with Gasteiger partial charge >= 0.3 is 0 Å². The number of sulfonamides is 1. The molecular formula is C29H38FN7O4S. The van der Waals surface area contributed by atoms with Crippen LogP contribution < -0.4 is 14.4 Å². The minimum Gasteiger partial charge on any atom is -0.480 e. The van der Waals surface area contributed by atoms with Crippen LogP contribution in [0.15, 0.2) is 24.4 Å². The van der Waals surface area contributed by atoms with Crippen LogP contribution in [0.25, 0.3) is 22.2 Å². The molecule has 13 heteroatoms. The van der Waals surface area contributed by atoms with E-state index in [4.69, 9.17) is 19.4 Å². The monoisotopic (exact) mass is 599 g/mol. The molecular weight excluding hydrogens is 561 g/mol. The number of piperidine rings is 1. The highest BCUT2D eigenvalue weighted by atomic mass is 32.2. The number of benzene rings is 1. The molecule has 226 valence electrons. The number of likely N-dealkylation sites (tertiary alicyclic amines) is 2. The van der Waals surface area contributed by atoms with Crippen LogP contribution in [0, 0.1) is 5.82 Å². The number of ether oxygens (including phenoxy) is 2. The zero-order valence-electron chi connectivity index (χ0n) is 24.2. The second-order valence-electron chi connectivity index (χ2n) is 11.3. The molecule has 0 spiro atoms. The summed E-state index contributed by atoms with van der Waals surface area (Å²) in [5, 5.41) is 0.547. The van der Waals surface area contributed by atoms with E-state index in [0.717, 1.165) is 37.8 Å². The molecule has 0 amide bonds. The number of hydrogen-bond acceptors (Lipinski definition) is 10. The van der Waals surface area contributed by atoms with E-state index in [1.165, 1.54) is 39.1 Å². The van der Waals surface area contributed by atoms with Crippen LogP contribution in [0.2, 0.25) is 0 Å². The van der Waals surface area contributed by atoms with E-state index >= 15 is 4.39 Å². The van der Waals surface area contributed by atoms with Crippen LogP contribution in [-0.4, -0.2) is 105 Å². The molecule has 11 nitrogen and oxygen atoms in total. The molecule has 1 aromatic carbocycles. The number of nitrogens with zero attached hydrogens (tertiary/aromatic N) is 6. The van der Waals surface area contributed by atoms with Gasteiger partial charge in [-0.3, -0.25) is 9.62 Å². The first kappa shape index (κ1) is 29.0. The molecule has 3 aliphatic rings. The number of morpholine rings is 1. The molecule has 5 heterocycles. The van der Waals surface area contributed by atoms with E-state index in [1.54, 1.807) is 18.3 Å². The lowest BCUT2D eigenvalue weighted by atomic mass is 10.0. The van der Waals surface area contributed by atoms with Crippen LogP contribution >= 0.6 is 0 Å². The lowest BCUT2D eigenvalue weighted by Crippen LogP contribution is -2.43. The zero-order valence-corrected chi connectivity index (χ0v) is 25.0. The Hall–Kier alpha value is -3.13. The SMILES string of the molecule is COc1ncc(-c2nc(N3CCOCC3)nc3c(CN4CCC(N5CCCC5)CC4)cc(F)cc23)cc1NS(C)(=O)=O. The first-order valence-electron chi connectivity index (χ1n) is 14.6. The fourth-order valence-corrected chi connectivity index (χ4v) is 6.85. The van der Waals surface area contributed by atoms with E-state index in [0.29, 0.717) is 67.0 Å². The van der Waals surface area contributed by atoms with Crippen LogP contribution in [0.4, 0.5) is 16.0 Å². The molecule has 1 N–H and O–H groups in total. The highest BCUT2D eigenvalue weighted by Crippen LogP contribution is 2.35. The fraction of sp³-hybridized carbons (Fsp3) is 0.552. The van der Waals surface area contributed by atoms with Gasteiger partial charge in [-0.05, 0) is 75.6 Å². The number of hydrogen-bond donors (Lipinski definition) is 1. The van der Waals surface area contributed by atoms with Crippen molar-refractivity contribution in [3.63, 3.8) is 0 Å². The summed E-state index contributed by atoms with van der Waals surface area (Å²) in [5.41, 5.74) is 2.65. The first-order valence-corrected chi connectivity index (χ1v) is 16.5. The maximum absolute atomic E-state index is 15.3. The lowest BCUT2D eigenvalue weighted by molar-refractivity contribution is 0.122. The van der Waals surface area contributed by atoms with Crippen molar-refractivity contribution in [2.75, 3.05) is 75.5 Å². The largest absolute Gasteiger partial charge is 0.480 e. The van der Waals surface area contributed by atoms with Gasteiger partial charge in [0.15, 0.2) is 0 Å². The quantitative estimate of drug-likeness (QED) is 0.415. The Bertz CT molecular complexity index is 1540. The summed E-state index contributed by atoms with van der Waals surface area (Å²) in [7, 11) is -2.19. The van der Waals surface area contributed by atoms with Gasteiger partial charge in [-0.25, -0.2) is 27.8 Å². The summed E-state index contributed by atoms with van der Waals surface area (Å²) < 4.78 is 52.7. The van der Waals surface area contributed by atoms with Gasteiger partial charge < -0.3 is 19.3 Å². The molecule has 0 aliphatic carbocycles. The Labute approximate surface area is 246 Å². The third-order valence-electron chi connectivity index (χ3n) is 8.35. The third-order valence-corrected chi connectivity index (χ3v) is 8.94. The fourth-order valence-electron chi connectivity index (χ4n) is 6.31. The van der Waals surface area contributed by atoms with Crippen molar-refractivity contribution in [2.24, 2.45) is 0 Å². The van der Waals surface area contributed by atoms with Gasteiger partial charge in [0.1, 0.15) is 11.5 Å². The van der Waals surface area contributed by atoms with Gasteiger partial charge in [-0.1, -0.05) is 0 Å². The number of methoxy groups -OCH3 is 1. The number of fused-ring (bicyclic) bond motifs is 1. The predicted octanol–water partition coefficient (Wildman–Crippen LogP) is 3.11. The van der Waals surface area contributed by atoms with Gasteiger partial charge in [0.2, 0.25) is 21.9 Å². The average molecular weight is 600 g/mol. The van der Waals surface area contributed by atoms with Gasteiger partial charge in [-0.2, -0.15) is 0 Å². The van der Waals surface area contributed by atoms with E-state index in [9.17, 15) is 8.42 Å². The normalized spacial score (nSPS) is 19.5. The Balaban J connectivity index is 1.40. The number of pyridine rings is 1. The topological polar surface area (TPSA) is 113 Å². The third kappa shape index (κ3) is 6.43. The summed E-state index contributed by atoms with van der Waals surface area (Å²) in [5.74, 6) is 0.277. The van der Waals surface area contributed by atoms with Crippen LogP contribution in [0.3, 0.4) is 0 Å². The minimum absolute atomic E-state index is 0.125. The molecule has 3 aromatic rings. The number of rotatable bonds is 8. The predicted molar refractivity (Wildman–Crippen MR) is 160 cm³/mol. The molecule has 0 atom stereocenters. The maximum atomic E-state index is 15.3. The first-order chi connectivity index (χ1) is 20.3. The summed E-state index contributed by atoms with van der Waals surface area (Å²) >= 11 is 0. The Morgan fingerprint density at radius 1 is 1.05 bits per heavy atom. The van der Waals surface area contributed by atoms with Gasteiger partial charge in [0.25, 0.3) is 0 Å². The molecule has 0 radical (unpaired) electrons. The highest BCUT2D eigenvalue weighted by molar-refractivity contribution is 7.92. The van der Waals surface area contributed by atoms with Gasteiger partial charge in [-0.15, -0.1) is 0 Å². The highest BCUT2D eigenvalue weighted by Gasteiger charge is 2.27. The molecule has 3 fully saturated rings. The number of aromatic nitrogens is 3. The average Bonchev–Trinajstić information content (AvgIpc) is 3.52. The smallest absolute Gasteiger partial charge is 0.238 e. The summed E-state index contributed by atoms with van der Waals surface area (Å²) in [6.45, 7) is 7.28. The van der Waals surface area contributed by atoms with Crippen molar-refractivity contribution in [1.82, 2.24) is 24.8 Å². The molecule has 3 saturated heterocycles. The van der Waals surface area contributed by atoms with Crippen LogP contribution in [0.5, 0.6) is 5.88 Å². The van der Waals surface area contributed by atoms with Crippen molar-refractivity contribution in [2.45, 2.75) is 38.3 Å². The summed E-state index contributed by atoms with van der Waals surface area (Å²) in [6.07, 6.45) is 7.42. The van der Waals surface area contributed by atoms with Crippen molar-refractivity contribution in [3.8, 4) is 17.1 Å². The second kappa shape index (κ2) is 12.2. The molecule has 6 rings (SSSR count). The van der Waals surface area contributed by atoms with Gasteiger partial charge in [0, 0.05) is 42.8 Å². The number of anilines is 2. The molecule has 0 saturated carbocycles. The Morgan fingerprint density at radius 3 is 2.48 bits per heavy atom. The molecule has 42 heavy (non-hydrogen) atoms. The van der Waals surface area contributed by atoms with Crippen molar-refractivity contribution >= 4 is 32.6 Å². The van der Waals surface area contributed by atoms with Gasteiger partial charge in [0.05, 0.1) is 37.8 Å². The maximum Gasteiger partial charge on any atom is 0.238 e. The summed E-state index contributed by atoms with van der Waals surface area (Å²) in [4.78, 5) is 21.3. The molecule has 2 aromatic heterocycles. The van der Waals surface area contributed by atoms with Crippen LogP contribution in [-0.2, 0) is 21.3 Å². The number of halogens is 1. The zero-order chi connectivity index (χ0) is 29.3. The van der Waals surface area contributed by atoms with E-state index < -0.39 is 10.0 Å². The minimum atomic E-state index is -3.61. The molecule has 0 unspecified atom stereocenters. The molecule has 0 bridgehead atoms. The Kier molecular flexibility index (Phi) is 8.44. The van der Waals surface area contributed by atoms with Crippen molar-refractivity contribution in [3.05, 3.63) is 35.8 Å². The van der Waals surface area contributed by atoms with E-state index in [2.05, 4.69) is 24.4 Å². The van der Waals surface area contributed by atoms with Crippen LogP contribution in [0.1, 0.15) is 31.2 Å². The van der Waals surface area contributed by atoms with Crippen molar-refractivity contribution in [1.29, 1.82) is 0 Å². The Morgan fingerprint density at radius 2 is 1.79 bits per heavy atom. The number of nitrogens with one attached hydrogen (secondary N) is 1. The lowest BCUT2D eigenvalue weighted by Gasteiger charge is -2.36. The standard InChI is InChI=1S/C29H38FN7O4S/c1-40-28-25(34-42(2,38)39)16-20(18-31-28)26-24-17-22(30)15-21(27(24)33-29(32-26)37-11-13-41-14-12-37)19-35-9-5-23(6-10-35)36-7-3-4-8-36/h15-18,23,34H,3-14,19H2,1-2H3. The van der Waals surface area contributed by atoms with E-state index in [1.807, 2.05) is 0 Å². The second-order valence-corrected chi connectivity index (χ2v) is 13.1. The van der Waals surface area contributed by atoms with Crippen molar-refractivity contribution < 1.29 is 22.3 Å². The molecule has 3 aliphatic heterocycles. The summed E-state index contributed by atoms with van der Waals surface area (Å²) in [6, 6.07) is 5.28.